The van der Waals surface area contributed by atoms with E-state index in [1.807, 2.05) is 36.4 Å². The van der Waals surface area contributed by atoms with Crippen LogP contribution in [0.15, 0.2) is 72.8 Å². The Morgan fingerprint density at radius 2 is 1.54 bits per heavy atom. The number of ether oxygens (including phenoxy) is 1. The first kappa shape index (κ1) is 24.1. The van der Waals surface area contributed by atoms with Crippen LogP contribution in [0.2, 0.25) is 0 Å². The fraction of sp³-hybridized carbons (Fsp3) is 0.455. The van der Waals surface area contributed by atoms with Crippen molar-refractivity contribution in [2.75, 3.05) is 0 Å². The first-order valence-corrected chi connectivity index (χ1v) is 13.8. The summed E-state index contributed by atoms with van der Waals surface area (Å²) in [7, 11) is 0. The van der Waals surface area contributed by atoms with Crippen molar-refractivity contribution in [3.05, 3.63) is 89.7 Å². The van der Waals surface area contributed by atoms with E-state index < -0.39 is 0 Å². The zero-order valence-corrected chi connectivity index (χ0v) is 21.1. The highest BCUT2D eigenvalue weighted by Gasteiger charge is 2.35. The number of unbranched alkanes of at least 4 members (excludes halogenated alkanes) is 1. The lowest BCUT2D eigenvalue weighted by molar-refractivity contribution is 0.113. The summed E-state index contributed by atoms with van der Waals surface area (Å²) in [4.78, 5) is 0. The van der Waals surface area contributed by atoms with Crippen LogP contribution in [0.5, 0.6) is 5.75 Å². The Balaban J connectivity index is 1.18. The third-order valence-electron chi connectivity index (χ3n) is 8.57. The van der Waals surface area contributed by atoms with Crippen LogP contribution in [0.4, 0.5) is 4.39 Å². The molecule has 0 aliphatic heterocycles. The molecule has 184 valence electrons. The summed E-state index contributed by atoms with van der Waals surface area (Å²) in [5, 5.41) is 0. The molecule has 1 nitrogen and oxygen atoms in total. The van der Waals surface area contributed by atoms with E-state index in [0.29, 0.717) is 18.3 Å². The Bertz CT molecular complexity index is 1070. The Morgan fingerprint density at radius 3 is 2.31 bits per heavy atom. The van der Waals surface area contributed by atoms with Crippen molar-refractivity contribution in [3.8, 4) is 16.9 Å². The van der Waals surface area contributed by atoms with E-state index in [4.69, 9.17) is 4.74 Å². The summed E-state index contributed by atoms with van der Waals surface area (Å²) in [6, 6.07) is 24.1. The van der Waals surface area contributed by atoms with E-state index in [0.717, 1.165) is 34.4 Å². The minimum absolute atomic E-state index is 0.301. The van der Waals surface area contributed by atoms with Gasteiger partial charge >= 0.3 is 0 Å². The van der Waals surface area contributed by atoms with Gasteiger partial charge in [0.1, 0.15) is 6.61 Å². The molecule has 0 heterocycles. The summed E-state index contributed by atoms with van der Waals surface area (Å²) in [5.74, 6) is 3.55. The molecule has 4 atom stereocenters. The fourth-order valence-corrected chi connectivity index (χ4v) is 6.52. The third kappa shape index (κ3) is 5.97. The van der Waals surface area contributed by atoms with Crippen LogP contribution < -0.4 is 4.74 Å². The quantitative estimate of drug-likeness (QED) is 0.318. The maximum absolute atomic E-state index is 14.7. The molecular formula is C33H39FO. The highest BCUT2D eigenvalue weighted by Crippen LogP contribution is 2.48. The molecule has 2 heteroatoms. The van der Waals surface area contributed by atoms with Crippen LogP contribution in [0.25, 0.3) is 11.1 Å². The Morgan fingerprint density at radius 1 is 0.800 bits per heavy atom. The Labute approximate surface area is 210 Å². The Kier molecular flexibility index (Phi) is 7.86. The van der Waals surface area contributed by atoms with Crippen molar-refractivity contribution in [1.82, 2.24) is 0 Å². The standard InChI is InChI=1S/C33H39FO/c1-2-3-7-24-10-11-30-21-29(17-16-28(30)20-24)26-12-14-27(15-13-26)31-18-19-33(32(34)22-31)35-23-25-8-5-4-6-9-25/h4-6,8-9,12-15,18-19,22,24,28-30H,2-3,7,10-11,16-17,20-21,23H2,1H3. The molecule has 35 heavy (non-hydrogen) atoms. The van der Waals surface area contributed by atoms with Crippen LogP contribution in [0.1, 0.15) is 81.8 Å². The van der Waals surface area contributed by atoms with Crippen molar-refractivity contribution < 1.29 is 9.13 Å². The molecule has 0 saturated heterocycles. The molecule has 0 radical (unpaired) electrons. The van der Waals surface area contributed by atoms with Gasteiger partial charge in [0.15, 0.2) is 11.6 Å². The molecule has 2 saturated carbocycles. The van der Waals surface area contributed by atoms with Crippen molar-refractivity contribution in [2.24, 2.45) is 17.8 Å². The zero-order valence-electron chi connectivity index (χ0n) is 21.1. The maximum Gasteiger partial charge on any atom is 0.165 e. The van der Waals surface area contributed by atoms with Gasteiger partial charge in [-0.25, -0.2) is 4.39 Å². The van der Waals surface area contributed by atoms with Gasteiger partial charge in [-0.1, -0.05) is 93.3 Å². The first-order chi connectivity index (χ1) is 17.2. The van der Waals surface area contributed by atoms with E-state index in [1.165, 1.54) is 63.4 Å². The van der Waals surface area contributed by atoms with Crippen molar-refractivity contribution in [2.45, 2.75) is 77.2 Å². The van der Waals surface area contributed by atoms with Crippen molar-refractivity contribution in [3.63, 3.8) is 0 Å². The average Bonchev–Trinajstić information content (AvgIpc) is 2.91. The fourth-order valence-electron chi connectivity index (χ4n) is 6.52. The number of fused-ring (bicyclic) bond motifs is 1. The lowest BCUT2D eigenvalue weighted by Crippen LogP contribution is -2.30. The van der Waals surface area contributed by atoms with Gasteiger partial charge in [0.05, 0.1) is 0 Å². The van der Waals surface area contributed by atoms with Crippen LogP contribution in [-0.2, 0) is 6.61 Å². The second-order valence-corrected chi connectivity index (χ2v) is 10.9. The van der Waals surface area contributed by atoms with Crippen LogP contribution >= 0.6 is 0 Å². The average molecular weight is 471 g/mol. The van der Waals surface area contributed by atoms with Gasteiger partial charge in [-0.3, -0.25) is 0 Å². The number of hydrogen-bond acceptors (Lipinski definition) is 1. The molecule has 0 bridgehead atoms. The number of rotatable bonds is 8. The lowest BCUT2D eigenvalue weighted by Gasteiger charge is -2.42. The van der Waals surface area contributed by atoms with Gasteiger partial charge in [0.25, 0.3) is 0 Å². The monoisotopic (exact) mass is 470 g/mol. The van der Waals surface area contributed by atoms with E-state index in [1.54, 1.807) is 12.1 Å². The smallest absolute Gasteiger partial charge is 0.165 e. The number of hydrogen-bond donors (Lipinski definition) is 0. The molecule has 3 aromatic carbocycles. The normalized spacial score (nSPS) is 24.1. The number of halogens is 1. The minimum Gasteiger partial charge on any atom is -0.486 e. The molecular weight excluding hydrogens is 431 g/mol. The molecule has 0 spiro atoms. The van der Waals surface area contributed by atoms with Crippen LogP contribution in [-0.4, -0.2) is 0 Å². The van der Waals surface area contributed by atoms with E-state index in [2.05, 4.69) is 31.2 Å². The molecule has 5 rings (SSSR count). The SMILES string of the molecule is CCCCC1CCC2CC(c3ccc(-c4ccc(OCc5ccccc5)c(F)c4)cc3)CCC2C1. The molecule has 0 aromatic heterocycles. The minimum atomic E-state index is -0.310. The predicted octanol–water partition coefficient (Wildman–Crippen LogP) is 9.56. The van der Waals surface area contributed by atoms with Gasteiger partial charge in [-0.15, -0.1) is 0 Å². The van der Waals surface area contributed by atoms with Gasteiger partial charge in [-0.05, 0) is 90.2 Å². The van der Waals surface area contributed by atoms with Gasteiger partial charge < -0.3 is 4.74 Å². The maximum atomic E-state index is 14.7. The lowest BCUT2D eigenvalue weighted by atomic mass is 9.63. The summed E-state index contributed by atoms with van der Waals surface area (Å²) < 4.78 is 20.4. The molecule has 0 amide bonds. The summed E-state index contributed by atoms with van der Waals surface area (Å²) in [5.41, 5.74) is 4.45. The molecule has 2 fully saturated rings. The van der Waals surface area contributed by atoms with E-state index in [-0.39, 0.29) is 5.82 Å². The first-order valence-electron chi connectivity index (χ1n) is 13.8. The summed E-state index contributed by atoms with van der Waals surface area (Å²) in [6.07, 6.45) is 12.6. The molecule has 0 N–H and O–H groups in total. The molecule has 4 unspecified atom stereocenters. The van der Waals surface area contributed by atoms with E-state index >= 15 is 0 Å². The molecule has 3 aromatic rings. The van der Waals surface area contributed by atoms with Crippen molar-refractivity contribution >= 4 is 0 Å². The second-order valence-electron chi connectivity index (χ2n) is 10.9. The topological polar surface area (TPSA) is 9.23 Å². The van der Waals surface area contributed by atoms with E-state index in [9.17, 15) is 4.39 Å². The van der Waals surface area contributed by atoms with Gasteiger partial charge in [0.2, 0.25) is 0 Å². The second kappa shape index (κ2) is 11.4. The molecule has 2 aliphatic rings. The number of benzene rings is 3. The predicted molar refractivity (Wildman–Crippen MR) is 143 cm³/mol. The summed E-state index contributed by atoms with van der Waals surface area (Å²) in [6.45, 7) is 2.68. The third-order valence-corrected chi connectivity index (χ3v) is 8.57. The highest BCUT2D eigenvalue weighted by atomic mass is 19.1. The van der Waals surface area contributed by atoms with Crippen LogP contribution in [0.3, 0.4) is 0 Å². The van der Waals surface area contributed by atoms with Crippen molar-refractivity contribution in [1.29, 1.82) is 0 Å². The Hall–Kier alpha value is -2.61. The zero-order chi connectivity index (χ0) is 24.0. The van der Waals surface area contributed by atoms with Gasteiger partial charge in [-0.2, -0.15) is 0 Å². The van der Waals surface area contributed by atoms with Gasteiger partial charge in [0, 0.05) is 0 Å². The molecule has 2 aliphatic carbocycles. The summed E-state index contributed by atoms with van der Waals surface area (Å²) >= 11 is 0. The highest BCUT2D eigenvalue weighted by molar-refractivity contribution is 5.64. The van der Waals surface area contributed by atoms with Crippen LogP contribution in [0, 0.1) is 23.6 Å². The largest absolute Gasteiger partial charge is 0.486 e.